The maximum Gasteiger partial charge on any atom is 0.422 e. The van der Waals surface area contributed by atoms with Crippen LogP contribution in [0.2, 0.25) is 0 Å². The third-order valence-electron chi connectivity index (χ3n) is 2.20. The lowest BCUT2D eigenvalue weighted by molar-refractivity contribution is 0.121. The van der Waals surface area contributed by atoms with Gasteiger partial charge in [-0.25, -0.2) is 9.52 Å². The molecular formula is C12H18N2O5S. The van der Waals surface area contributed by atoms with Crippen LogP contribution in [0.5, 0.6) is 5.75 Å². The molecule has 3 N–H and O–H groups in total. The zero-order valence-electron chi connectivity index (χ0n) is 11.3. The average molecular weight is 302 g/mol. The molecule has 20 heavy (non-hydrogen) atoms. The lowest BCUT2D eigenvalue weighted by Crippen LogP contribution is -2.41. The first kappa shape index (κ1) is 16.3. The van der Waals surface area contributed by atoms with E-state index in [9.17, 15) is 13.2 Å². The summed E-state index contributed by atoms with van der Waals surface area (Å²) in [4.78, 5) is 11.2. The number of rotatable bonds is 6. The van der Waals surface area contributed by atoms with Crippen LogP contribution in [0, 0.1) is 0 Å². The second kappa shape index (κ2) is 7.11. The highest BCUT2D eigenvalue weighted by Crippen LogP contribution is 2.09. The number of hydrogen-bond donors (Lipinski definition) is 3. The fourth-order valence-electron chi connectivity index (χ4n) is 1.38. The topological polar surface area (TPSA) is 105 Å². The second-order valence-electron chi connectivity index (χ2n) is 4.37. The van der Waals surface area contributed by atoms with E-state index in [1.807, 2.05) is 0 Å². The third kappa shape index (κ3) is 6.39. The summed E-state index contributed by atoms with van der Waals surface area (Å²) < 4.78 is 31.6. The van der Waals surface area contributed by atoms with Crippen LogP contribution in [0.1, 0.15) is 19.4 Å². The van der Waals surface area contributed by atoms with Gasteiger partial charge in [0.15, 0.2) is 0 Å². The Morgan fingerprint density at radius 3 is 2.45 bits per heavy atom. The fraction of sp³-hybridized carbons (Fsp3) is 0.417. The second-order valence-corrected chi connectivity index (χ2v) is 5.87. The highest BCUT2D eigenvalue weighted by molar-refractivity contribution is 7.88. The van der Waals surface area contributed by atoms with Gasteiger partial charge in [-0.1, -0.05) is 12.1 Å². The SMILES string of the molecule is CC(C)OC(=O)NS(=O)(=O)NCCc1ccc(O)cc1. The molecule has 1 aromatic carbocycles. The van der Waals surface area contributed by atoms with Gasteiger partial charge in [0.05, 0.1) is 6.10 Å². The number of hydrogen-bond acceptors (Lipinski definition) is 5. The van der Waals surface area contributed by atoms with Crippen molar-refractivity contribution in [3.05, 3.63) is 29.8 Å². The summed E-state index contributed by atoms with van der Waals surface area (Å²) in [5, 5.41) is 9.11. The summed E-state index contributed by atoms with van der Waals surface area (Å²) in [5.74, 6) is 0.146. The molecule has 0 heterocycles. The van der Waals surface area contributed by atoms with Crippen molar-refractivity contribution in [1.29, 1.82) is 0 Å². The lowest BCUT2D eigenvalue weighted by Gasteiger charge is -2.10. The van der Waals surface area contributed by atoms with Crippen molar-refractivity contribution in [3.63, 3.8) is 0 Å². The smallest absolute Gasteiger partial charge is 0.422 e. The molecule has 0 aliphatic heterocycles. The molecule has 0 bridgehead atoms. The first-order valence-electron chi connectivity index (χ1n) is 6.04. The maximum atomic E-state index is 11.5. The Bertz CT molecular complexity index is 539. The summed E-state index contributed by atoms with van der Waals surface area (Å²) in [5.41, 5.74) is 0.857. The van der Waals surface area contributed by atoms with Crippen LogP contribution in [0.3, 0.4) is 0 Å². The minimum absolute atomic E-state index is 0.120. The van der Waals surface area contributed by atoms with Gasteiger partial charge in [-0.3, -0.25) is 0 Å². The van der Waals surface area contributed by atoms with Crippen LogP contribution in [0.25, 0.3) is 0 Å². The Balaban J connectivity index is 2.40. The molecule has 0 radical (unpaired) electrons. The molecule has 8 heteroatoms. The van der Waals surface area contributed by atoms with Crippen molar-refractivity contribution < 1.29 is 23.1 Å². The Labute approximate surface area is 118 Å². The highest BCUT2D eigenvalue weighted by Gasteiger charge is 2.15. The molecule has 0 spiro atoms. The fourth-order valence-corrected chi connectivity index (χ4v) is 2.09. The molecule has 0 unspecified atom stereocenters. The maximum absolute atomic E-state index is 11.5. The lowest BCUT2D eigenvalue weighted by atomic mass is 10.1. The van der Waals surface area contributed by atoms with Gasteiger partial charge in [-0.05, 0) is 38.0 Å². The average Bonchev–Trinajstić information content (AvgIpc) is 2.29. The number of ether oxygens (including phenoxy) is 1. The number of carbonyl (C=O) groups excluding carboxylic acids is 1. The van der Waals surface area contributed by atoms with Crippen LogP contribution in [-0.4, -0.2) is 32.3 Å². The predicted molar refractivity (Wildman–Crippen MR) is 73.5 cm³/mol. The van der Waals surface area contributed by atoms with Gasteiger partial charge in [0.2, 0.25) is 0 Å². The normalized spacial score (nSPS) is 11.3. The standard InChI is InChI=1S/C12H18N2O5S/c1-9(2)19-12(16)14-20(17,18)13-8-7-10-3-5-11(15)6-4-10/h3-6,9,13,15H,7-8H2,1-2H3,(H,14,16). The summed E-state index contributed by atoms with van der Waals surface area (Å²) in [7, 11) is -3.93. The van der Waals surface area contributed by atoms with Crippen LogP contribution in [0.4, 0.5) is 4.79 Å². The van der Waals surface area contributed by atoms with Crippen LogP contribution >= 0.6 is 0 Å². The van der Waals surface area contributed by atoms with Gasteiger partial charge in [0.1, 0.15) is 5.75 Å². The van der Waals surface area contributed by atoms with E-state index < -0.39 is 22.4 Å². The van der Waals surface area contributed by atoms with Gasteiger partial charge in [0.25, 0.3) is 0 Å². The molecule has 0 aliphatic carbocycles. The van der Waals surface area contributed by atoms with Gasteiger partial charge in [-0.2, -0.15) is 13.1 Å². The molecule has 1 amide bonds. The Hall–Kier alpha value is -1.80. The van der Waals surface area contributed by atoms with E-state index in [-0.39, 0.29) is 12.3 Å². The van der Waals surface area contributed by atoms with E-state index >= 15 is 0 Å². The van der Waals surface area contributed by atoms with Gasteiger partial charge in [0, 0.05) is 6.54 Å². The molecule has 7 nitrogen and oxygen atoms in total. The van der Waals surface area contributed by atoms with E-state index in [0.717, 1.165) is 5.56 Å². The van der Waals surface area contributed by atoms with Crippen molar-refractivity contribution in [3.8, 4) is 5.75 Å². The molecular weight excluding hydrogens is 284 g/mol. The minimum atomic E-state index is -3.93. The van der Waals surface area contributed by atoms with Crippen molar-refractivity contribution in [1.82, 2.24) is 9.44 Å². The Morgan fingerprint density at radius 1 is 1.30 bits per heavy atom. The minimum Gasteiger partial charge on any atom is -0.508 e. The van der Waals surface area contributed by atoms with E-state index in [1.165, 1.54) is 12.1 Å². The van der Waals surface area contributed by atoms with Gasteiger partial charge >= 0.3 is 16.3 Å². The van der Waals surface area contributed by atoms with Crippen molar-refractivity contribution in [2.75, 3.05) is 6.54 Å². The van der Waals surface area contributed by atoms with Crippen molar-refractivity contribution >= 4 is 16.3 Å². The molecule has 0 fully saturated rings. The number of phenols is 1. The van der Waals surface area contributed by atoms with Crippen LogP contribution < -0.4 is 9.44 Å². The zero-order chi connectivity index (χ0) is 15.2. The largest absolute Gasteiger partial charge is 0.508 e. The molecule has 1 aromatic rings. The number of aromatic hydroxyl groups is 1. The van der Waals surface area contributed by atoms with Gasteiger partial charge < -0.3 is 9.84 Å². The van der Waals surface area contributed by atoms with E-state index in [4.69, 9.17) is 5.11 Å². The summed E-state index contributed by atoms with van der Waals surface area (Å²) in [6.45, 7) is 3.35. The first-order chi connectivity index (χ1) is 9.28. The molecule has 112 valence electrons. The Morgan fingerprint density at radius 2 is 1.90 bits per heavy atom. The van der Waals surface area contributed by atoms with Crippen molar-refractivity contribution in [2.45, 2.75) is 26.4 Å². The van der Waals surface area contributed by atoms with Crippen molar-refractivity contribution in [2.24, 2.45) is 0 Å². The molecule has 0 aliphatic rings. The summed E-state index contributed by atoms with van der Waals surface area (Å²) >= 11 is 0. The summed E-state index contributed by atoms with van der Waals surface area (Å²) in [6.07, 6.45) is -0.986. The van der Waals surface area contributed by atoms with Crippen LogP contribution in [0.15, 0.2) is 24.3 Å². The number of phenolic OH excluding ortho intramolecular Hbond substituents is 1. The van der Waals surface area contributed by atoms with Crippen LogP contribution in [-0.2, 0) is 21.4 Å². The predicted octanol–water partition coefficient (Wildman–Crippen LogP) is 0.904. The first-order valence-corrected chi connectivity index (χ1v) is 7.53. The number of amides is 1. The quantitative estimate of drug-likeness (QED) is 0.724. The number of benzene rings is 1. The van der Waals surface area contributed by atoms with E-state index in [0.29, 0.717) is 6.42 Å². The summed E-state index contributed by atoms with van der Waals surface area (Å²) in [6, 6.07) is 6.40. The van der Waals surface area contributed by atoms with E-state index in [1.54, 1.807) is 30.7 Å². The van der Waals surface area contributed by atoms with E-state index in [2.05, 4.69) is 9.46 Å². The Kier molecular flexibility index (Phi) is 5.78. The number of carbonyl (C=O) groups is 1. The van der Waals surface area contributed by atoms with Gasteiger partial charge in [-0.15, -0.1) is 0 Å². The zero-order valence-corrected chi connectivity index (χ0v) is 12.1. The monoisotopic (exact) mass is 302 g/mol. The highest BCUT2D eigenvalue weighted by atomic mass is 32.2. The molecule has 0 saturated carbocycles. The molecule has 0 saturated heterocycles. The molecule has 0 atom stereocenters. The molecule has 1 rings (SSSR count). The third-order valence-corrected chi connectivity index (χ3v) is 3.22. The molecule has 0 aromatic heterocycles. The number of nitrogens with one attached hydrogen (secondary N) is 2.